The molecule has 0 unspecified atom stereocenters. The zero-order chi connectivity index (χ0) is 11.4. The quantitative estimate of drug-likeness (QED) is 0.906. The zero-order valence-corrected chi connectivity index (χ0v) is 10.3. The second kappa shape index (κ2) is 5.23. The van der Waals surface area contributed by atoms with Gasteiger partial charge < -0.3 is 10.0 Å². The molecule has 0 amide bonds. The van der Waals surface area contributed by atoms with Gasteiger partial charge in [-0.1, -0.05) is 0 Å². The van der Waals surface area contributed by atoms with Crippen LogP contribution in [0.15, 0.2) is 16.9 Å². The van der Waals surface area contributed by atoms with E-state index in [1.165, 1.54) is 6.20 Å². The fraction of sp³-hybridized carbons (Fsp3) is 0.400. The largest absolute Gasteiger partial charge is 0.478 e. The maximum Gasteiger partial charge on any atom is 0.337 e. The topological polar surface area (TPSA) is 53.4 Å². The predicted molar refractivity (Wildman–Crippen MR) is 61.2 cm³/mol. The van der Waals surface area contributed by atoms with Gasteiger partial charge in [0.15, 0.2) is 0 Å². The van der Waals surface area contributed by atoms with Crippen molar-refractivity contribution in [3.8, 4) is 0 Å². The molecule has 1 aromatic heterocycles. The Kier molecular flexibility index (Phi) is 4.23. The lowest BCUT2D eigenvalue weighted by Crippen LogP contribution is -2.17. The Balaban J connectivity index is 2.96. The molecule has 1 aromatic rings. The van der Waals surface area contributed by atoms with Crippen LogP contribution in [0.5, 0.6) is 0 Å². The van der Waals surface area contributed by atoms with Crippen molar-refractivity contribution in [3.05, 3.63) is 28.0 Å². The highest BCUT2D eigenvalue weighted by molar-refractivity contribution is 9.10. The van der Waals surface area contributed by atoms with E-state index in [-0.39, 0.29) is 0 Å². The van der Waals surface area contributed by atoms with Gasteiger partial charge >= 0.3 is 5.97 Å². The highest BCUT2D eigenvalue weighted by Gasteiger charge is 2.14. The van der Waals surface area contributed by atoms with E-state index in [2.05, 4.69) is 20.9 Å². The summed E-state index contributed by atoms with van der Waals surface area (Å²) in [5.41, 5.74) is 1.07. The molecule has 0 radical (unpaired) electrons. The number of likely N-dealkylation sites (N-methyl/N-ethyl adjacent to an activating group) is 1. The van der Waals surface area contributed by atoms with Gasteiger partial charge in [-0.05, 0) is 42.0 Å². The average molecular weight is 273 g/mol. The van der Waals surface area contributed by atoms with Crippen molar-refractivity contribution in [1.29, 1.82) is 0 Å². The van der Waals surface area contributed by atoms with E-state index >= 15 is 0 Å². The third-order valence-electron chi connectivity index (χ3n) is 2.02. The molecule has 15 heavy (non-hydrogen) atoms. The van der Waals surface area contributed by atoms with Crippen molar-refractivity contribution in [2.75, 3.05) is 20.6 Å². The Labute approximate surface area is 97.1 Å². The lowest BCUT2D eigenvalue weighted by atomic mass is 10.1. The predicted octanol–water partition coefficient (Wildman–Crippen LogP) is 1.65. The molecule has 0 saturated heterocycles. The number of aromatic nitrogens is 1. The summed E-state index contributed by atoms with van der Waals surface area (Å²) < 4.78 is 0.534. The first-order chi connectivity index (χ1) is 7.02. The monoisotopic (exact) mass is 272 g/mol. The van der Waals surface area contributed by atoms with Gasteiger partial charge in [-0.15, -0.1) is 0 Å². The van der Waals surface area contributed by atoms with E-state index in [0.717, 1.165) is 12.1 Å². The molecule has 82 valence electrons. The van der Waals surface area contributed by atoms with Crippen LogP contribution in [0.3, 0.4) is 0 Å². The zero-order valence-electron chi connectivity index (χ0n) is 8.70. The van der Waals surface area contributed by atoms with Crippen molar-refractivity contribution in [3.63, 3.8) is 0 Å². The van der Waals surface area contributed by atoms with Crippen molar-refractivity contribution in [2.45, 2.75) is 6.42 Å². The molecule has 0 aliphatic rings. The fourth-order valence-corrected chi connectivity index (χ4v) is 1.79. The van der Waals surface area contributed by atoms with E-state index < -0.39 is 5.97 Å². The Hall–Kier alpha value is -0.940. The van der Waals surface area contributed by atoms with Gasteiger partial charge in [0.05, 0.1) is 10.0 Å². The molecule has 0 atom stereocenters. The van der Waals surface area contributed by atoms with Crippen LogP contribution in [0.4, 0.5) is 0 Å². The highest BCUT2D eigenvalue weighted by atomic mass is 79.9. The van der Waals surface area contributed by atoms with E-state index in [1.54, 1.807) is 6.20 Å². The molecular weight excluding hydrogens is 260 g/mol. The molecule has 0 spiro atoms. The summed E-state index contributed by atoms with van der Waals surface area (Å²) in [6.45, 7) is 0.804. The van der Waals surface area contributed by atoms with Crippen molar-refractivity contribution in [2.24, 2.45) is 0 Å². The number of aromatic carboxylic acids is 1. The van der Waals surface area contributed by atoms with E-state index in [4.69, 9.17) is 5.11 Å². The minimum absolute atomic E-state index is 0.312. The molecule has 0 aromatic carbocycles. The number of rotatable bonds is 4. The van der Waals surface area contributed by atoms with Gasteiger partial charge in [0.2, 0.25) is 0 Å². The van der Waals surface area contributed by atoms with Crippen LogP contribution in [0.2, 0.25) is 0 Å². The van der Waals surface area contributed by atoms with Crippen LogP contribution >= 0.6 is 15.9 Å². The summed E-state index contributed by atoms with van der Waals surface area (Å²) in [6, 6.07) is 0. The number of carboxylic acids is 1. The molecule has 1 rings (SSSR count). The number of carboxylic acid groups (broad SMARTS) is 1. The van der Waals surface area contributed by atoms with E-state index in [1.807, 2.05) is 19.0 Å². The number of halogens is 1. The second-order valence-electron chi connectivity index (χ2n) is 3.51. The third kappa shape index (κ3) is 3.28. The van der Waals surface area contributed by atoms with Gasteiger partial charge in [-0.2, -0.15) is 0 Å². The summed E-state index contributed by atoms with van der Waals surface area (Å²) in [5, 5.41) is 9.04. The van der Waals surface area contributed by atoms with Gasteiger partial charge in [0, 0.05) is 18.9 Å². The van der Waals surface area contributed by atoms with Crippen LogP contribution in [-0.2, 0) is 6.42 Å². The van der Waals surface area contributed by atoms with Crippen LogP contribution in [0.1, 0.15) is 15.9 Å². The highest BCUT2D eigenvalue weighted by Crippen LogP contribution is 2.19. The summed E-state index contributed by atoms with van der Waals surface area (Å²) in [5.74, 6) is -0.918. The van der Waals surface area contributed by atoms with Gasteiger partial charge in [0.1, 0.15) is 0 Å². The molecule has 0 bridgehead atoms. The van der Waals surface area contributed by atoms with Crippen LogP contribution in [-0.4, -0.2) is 41.6 Å². The fourth-order valence-electron chi connectivity index (χ4n) is 1.25. The average Bonchev–Trinajstić information content (AvgIpc) is 2.13. The minimum atomic E-state index is -0.918. The first-order valence-electron chi connectivity index (χ1n) is 4.52. The Morgan fingerprint density at radius 1 is 1.53 bits per heavy atom. The molecule has 0 aliphatic carbocycles. The smallest absolute Gasteiger partial charge is 0.337 e. The van der Waals surface area contributed by atoms with Crippen LogP contribution in [0, 0.1) is 0 Å². The Morgan fingerprint density at radius 3 is 2.73 bits per heavy atom. The van der Waals surface area contributed by atoms with Crippen molar-refractivity contribution < 1.29 is 9.90 Å². The Bertz CT molecular complexity index is 366. The lowest BCUT2D eigenvalue weighted by molar-refractivity contribution is 0.0694. The molecular formula is C10H13BrN2O2. The Morgan fingerprint density at radius 2 is 2.20 bits per heavy atom. The normalized spacial score (nSPS) is 10.7. The SMILES string of the molecule is CN(C)CCc1cncc(Br)c1C(=O)O. The number of hydrogen-bond acceptors (Lipinski definition) is 3. The summed E-state index contributed by atoms with van der Waals surface area (Å²) in [4.78, 5) is 17.0. The van der Waals surface area contributed by atoms with E-state index in [9.17, 15) is 4.79 Å². The number of hydrogen-bond donors (Lipinski definition) is 1. The molecule has 0 aliphatic heterocycles. The first kappa shape index (κ1) is 12.1. The summed E-state index contributed by atoms with van der Waals surface area (Å²) in [7, 11) is 3.90. The lowest BCUT2D eigenvalue weighted by Gasteiger charge is -2.11. The molecule has 0 saturated carbocycles. The molecule has 0 fully saturated rings. The van der Waals surface area contributed by atoms with Gasteiger partial charge in [-0.3, -0.25) is 4.98 Å². The van der Waals surface area contributed by atoms with Crippen molar-refractivity contribution >= 4 is 21.9 Å². The molecule has 5 heteroatoms. The van der Waals surface area contributed by atoms with E-state index in [0.29, 0.717) is 16.5 Å². The number of carbonyl (C=O) groups is 1. The molecule has 1 N–H and O–H groups in total. The standard InChI is InChI=1S/C10H13BrN2O2/c1-13(2)4-3-7-5-12-6-8(11)9(7)10(14)15/h5-6H,3-4H2,1-2H3,(H,14,15). The van der Waals surface area contributed by atoms with Gasteiger partial charge in [-0.25, -0.2) is 4.79 Å². The summed E-state index contributed by atoms with van der Waals surface area (Å²) >= 11 is 3.20. The van der Waals surface area contributed by atoms with Crippen molar-refractivity contribution in [1.82, 2.24) is 9.88 Å². The molecule has 1 heterocycles. The second-order valence-corrected chi connectivity index (χ2v) is 4.37. The maximum absolute atomic E-state index is 11.0. The number of nitrogens with zero attached hydrogens (tertiary/aromatic N) is 2. The van der Waals surface area contributed by atoms with Crippen LogP contribution in [0.25, 0.3) is 0 Å². The first-order valence-corrected chi connectivity index (χ1v) is 5.32. The van der Waals surface area contributed by atoms with Gasteiger partial charge in [0.25, 0.3) is 0 Å². The maximum atomic E-state index is 11.0. The third-order valence-corrected chi connectivity index (χ3v) is 2.62. The minimum Gasteiger partial charge on any atom is -0.478 e. The summed E-state index contributed by atoms with van der Waals surface area (Å²) in [6.07, 6.45) is 3.79. The molecule has 4 nitrogen and oxygen atoms in total. The van der Waals surface area contributed by atoms with Crippen LogP contribution < -0.4 is 0 Å². The number of pyridine rings is 1.